The number of hydrogen-bond donors (Lipinski definition) is 1. The van der Waals surface area contributed by atoms with Crippen molar-refractivity contribution in [3.8, 4) is 0 Å². The minimum Gasteiger partial charge on any atom is -0.377 e. The van der Waals surface area contributed by atoms with Gasteiger partial charge in [-0.3, -0.25) is 0 Å². The molecule has 1 aliphatic heterocycles. The quantitative estimate of drug-likeness (QED) is 0.683. The number of fused-ring (bicyclic) bond motifs is 1. The molecule has 1 aromatic carbocycles. The average molecular weight is 199 g/mol. The van der Waals surface area contributed by atoms with Crippen LogP contribution in [0.1, 0.15) is 26.3 Å². The molecule has 0 saturated carbocycles. The monoisotopic (exact) mass is 199 g/mol. The molecule has 78 valence electrons. The fraction of sp³-hybridized carbons (Fsp3) is 0.357. The molecule has 0 radical (unpaired) electrons. The molecule has 0 saturated heterocycles. The van der Waals surface area contributed by atoms with Crippen molar-refractivity contribution in [2.24, 2.45) is 0 Å². The van der Waals surface area contributed by atoms with Crippen LogP contribution < -0.4 is 5.32 Å². The molecule has 1 heteroatoms. The van der Waals surface area contributed by atoms with E-state index in [2.05, 4.69) is 62.7 Å². The van der Waals surface area contributed by atoms with E-state index in [0.717, 1.165) is 0 Å². The molecule has 0 spiro atoms. The molecule has 1 N–H and O–H groups in total. The number of rotatable bonds is 1. The van der Waals surface area contributed by atoms with Gasteiger partial charge in [0.15, 0.2) is 0 Å². The van der Waals surface area contributed by atoms with Crippen molar-refractivity contribution in [1.82, 2.24) is 0 Å². The van der Waals surface area contributed by atoms with Crippen molar-refractivity contribution >= 4 is 5.69 Å². The van der Waals surface area contributed by atoms with Crippen LogP contribution in [-0.2, 0) is 5.41 Å². The van der Waals surface area contributed by atoms with E-state index < -0.39 is 0 Å². The van der Waals surface area contributed by atoms with Crippen molar-refractivity contribution in [3.05, 3.63) is 47.7 Å². The third kappa shape index (κ3) is 1.40. The Morgan fingerprint density at radius 1 is 1.40 bits per heavy atom. The predicted molar refractivity (Wildman–Crippen MR) is 65.2 cm³/mol. The zero-order valence-electron chi connectivity index (χ0n) is 9.59. The van der Waals surface area contributed by atoms with Gasteiger partial charge >= 0.3 is 0 Å². The van der Waals surface area contributed by atoms with Gasteiger partial charge in [0.25, 0.3) is 0 Å². The second-order valence-electron chi connectivity index (χ2n) is 4.70. The molecule has 1 nitrogen and oxygen atoms in total. The first-order chi connectivity index (χ1) is 7.07. The van der Waals surface area contributed by atoms with Crippen molar-refractivity contribution < 1.29 is 0 Å². The standard InChI is InChI=1S/C14H17N/c1-5-10(2)13-14(3,4)11-8-6-7-9-12(11)15-13/h6-9,13,15H,1H2,2-4H3. The van der Waals surface area contributed by atoms with Crippen molar-refractivity contribution in [1.29, 1.82) is 0 Å². The summed E-state index contributed by atoms with van der Waals surface area (Å²) in [6.45, 7) is 10.3. The molecule has 0 aliphatic carbocycles. The predicted octanol–water partition coefficient (Wildman–Crippen LogP) is 3.49. The molecule has 0 amide bonds. The summed E-state index contributed by atoms with van der Waals surface area (Å²) < 4.78 is 0. The van der Waals surface area contributed by atoms with Crippen LogP contribution in [0.25, 0.3) is 0 Å². The number of nitrogens with one attached hydrogen (secondary N) is 1. The molecule has 2 rings (SSSR count). The van der Waals surface area contributed by atoms with Crippen molar-refractivity contribution in [3.63, 3.8) is 0 Å². The summed E-state index contributed by atoms with van der Waals surface area (Å²) in [5, 5.41) is 3.54. The Hall–Kier alpha value is -1.46. The maximum Gasteiger partial charge on any atom is 0.0637 e. The third-order valence-corrected chi connectivity index (χ3v) is 3.35. The highest BCUT2D eigenvalue weighted by Gasteiger charge is 2.39. The van der Waals surface area contributed by atoms with Crippen LogP contribution in [0.4, 0.5) is 5.69 Å². The lowest BCUT2D eigenvalue weighted by atomic mass is 9.78. The van der Waals surface area contributed by atoms with Crippen LogP contribution in [0.2, 0.25) is 0 Å². The minimum absolute atomic E-state index is 0.116. The number of anilines is 1. The van der Waals surface area contributed by atoms with Crippen LogP contribution in [0.5, 0.6) is 0 Å². The highest BCUT2D eigenvalue weighted by molar-refractivity contribution is 5.63. The minimum atomic E-state index is 0.116. The van der Waals surface area contributed by atoms with E-state index in [1.54, 1.807) is 0 Å². The van der Waals surface area contributed by atoms with Gasteiger partial charge in [0.1, 0.15) is 0 Å². The van der Waals surface area contributed by atoms with E-state index in [-0.39, 0.29) is 5.41 Å². The fourth-order valence-corrected chi connectivity index (χ4v) is 2.41. The summed E-state index contributed by atoms with van der Waals surface area (Å²) in [4.78, 5) is 0. The maximum atomic E-state index is 3.73. The number of hydrogen-bond acceptors (Lipinski definition) is 1. The molecule has 1 atom stereocenters. The van der Waals surface area contributed by atoms with E-state index in [1.165, 1.54) is 16.8 Å². The van der Waals surface area contributed by atoms with E-state index >= 15 is 0 Å². The Morgan fingerprint density at radius 2 is 2.07 bits per heavy atom. The molecule has 0 fully saturated rings. The Kier molecular flexibility index (Phi) is 2.21. The number of benzene rings is 1. The summed E-state index contributed by atoms with van der Waals surface area (Å²) in [6, 6.07) is 8.80. The van der Waals surface area contributed by atoms with Gasteiger partial charge < -0.3 is 5.32 Å². The second-order valence-corrected chi connectivity index (χ2v) is 4.70. The van der Waals surface area contributed by atoms with Gasteiger partial charge in [-0.15, -0.1) is 5.73 Å². The zero-order valence-corrected chi connectivity index (χ0v) is 9.59. The fourth-order valence-electron chi connectivity index (χ4n) is 2.41. The molecular weight excluding hydrogens is 182 g/mol. The SMILES string of the molecule is C=C=C(C)C1Nc2ccccc2C1(C)C. The average Bonchev–Trinajstić information content (AvgIpc) is 2.51. The molecule has 0 bridgehead atoms. The van der Waals surface area contributed by atoms with E-state index in [1.807, 2.05) is 0 Å². The van der Waals surface area contributed by atoms with Gasteiger partial charge in [-0.05, 0) is 24.1 Å². The Bertz CT molecular complexity index is 436. The Morgan fingerprint density at radius 3 is 2.67 bits per heavy atom. The summed E-state index contributed by atoms with van der Waals surface area (Å²) in [6.07, 6.45) is 0. The highest BCUT2D eigenvalue weighted by atomic mass is 15.0. The smallest absolute Gasteiger partial charge is 0.0637 e. The van der Waals surface area contributed by atoms with Crippen LogP contribution in [0.3, 0.4) is 0 Å². The maximum absolute atomic E-state index is 3.73. The van der Waals surface area contributed by atoms with Crippen molar-refractivity contribution in [2.45, 2.75) is 32.2 Å². The summed E-state index contributed by atoms with van der Waals surface area (Å²) in [5.41, 5.74) is 6.91. The lowest BCUT2D eigenvalue weighted by Crippen LogP contribution is -2.33. The first kappa shape index (κ1) is 10.1. The van der Waals surface area contributed by atoms with Gasteiger partial charge in [0.2, 0.25) is 0 Å². The zero-order chi connectivity index (χ0) is 11.1. The van der Waals surface area contributed by atoms with Gasteiger partial charge in [-0.2, -0.15) is 0 Å². The molecule has 1 aliphatic rings. The Balaban J connectivity index is 2.51. The molecule has 0 aromatic heterocycles. The molecule has 1 unspecified atom stereocenters. The summed E-state index contributed by atoms with van der Waals surface area (Å²) in [7, 11) is 0. The van der Waals surface area contributed by atoms with E-state index in [0.29, 0.717) is 6.04 Å². The lowest BCUT2D eigenvalue weighted by molar-refractivity contribution is 0.502. The summed E-state index contributed by atoms with van der Waals surface area (Å²) in [5.74, 6) is 0. The van der Waals surface area contributed by atoms with Gasteiger partial charge in [0, 0.05) is 11.1 Å². The lowest BCUT2D eigenvalue weighted by Gasteiger charge is -2.27. The van der Waals surface area contributed by atoms with Crippen LogP contribution >= 0.6 is 0 Å². The molecular formula is C14H17N. The van der Waals surface area contributed by atoms with Gasteiger partial charge in [-0.25, -0.2) is 0 Å². The van der Waals surface area contributed by atoms with Crippen LogP contribution in [0.15, 0.2) is 42.1 Å². The van der Waals surface area contributed by atoms with Gasteiger partial charge in [0.05, 0.1) is 6.04 Å². The third-order valence-electron chi connectivity index (χ3n) is 3.35. The molecule has 1 aromatic rings. The van der Waals surface area contributed by atoms with E-state index in [9.17, 15) is 0 Å². The first-order valence-corrected chi connectivity index (χ1v) is 5.30. The first-order valence-electron chi connectivity index (χ1n) is 5.30. The largest absolute Gasteiger partial charge is 0.377 e. The second kappa shape index (κ2) is 3.29. The molecule has 15 heavy (non-hydrogen) atoms. The topological polar surface area (TPSA) is 12.0 Å². The molecule has 1 heterocycles. The van der Waals surface area contributed by atoms with Crippen LogP contribution in [0, 0.1) is 0 Å². The normalized spacial score (nSPS) is 21.4. The Labute approximate surface area is 91.5 Å². The highest BCUT2D eigenvalue weighted by Crippen LogP contribution is 2.42. The number of para-hydroxylation sites is 1. The van der Waals surface area contributed by atoms with E-state index in [4.69, 9.17) is 0 Å². The van der Waals surface area contributed by atoms with Crippen LogP contribution in [-0.4, -0.2) is 6.04 Å². The van der Waals surface area contributed by atoms with Crippen molar-refractivity contribution in [2.75, 3.05) is 5.32 Å². The summed E-state index contributed by atoms with van der Waals surface area (Å²) >= 11 is 0. The van der Waals surface area contributed by atoms with Gasteiger partial charge in [-0.1, -0.05) is 38.6 Å².